The Morgan fingerprint density at radius 2 is 1.95 bits per heavy atom. The molecule has 8 heteroatoms. The Balaban J connectivity index is 1.48. The number of aryl methyl sites for hydroxylation is 1. The molecule has 41 heavy (non-hydrogen) atoms. The quantitative estimate of drug-likeness (QED) is 0.433. The second kappa shape index (κ2) is 14.8. The summed E-state index contributed by atoms with van der Waals surface area (Å²) in [4.78, 5) is 27.7. The van der Waals surface area contributed by atoms with E-state index in [9.17, 15) is 19.1 Å². The van der Waals surface area contributed by atoms with Crippen LogP contribution in [0.5, 0.6) is 5.75 Å². The molecule has 224 valence electrons. The Kier molecular flexibility index (Phi) is 11.2. The van der Waals surface area contributed by atoms with Gasteiger partial charge in [0.25, 0.3) is 0 Å². The summed E-state index contributed by atoms with van der Waals surface area (Å²) in [5.74, 6) is -0.157. The summed E-state index contributed by atoms with van der Waals surface area (Å²) < 4.78 is 20.4. The summed E-state index contributed by atoms with van der Waals surface area (Å²) in [6, 6.07) is 12.5. The first-order chi connectivity index (χ1) is 19.8. The number of ether oxygens (including phenoxy) is 1. The summed E-state index contributed by atoms with van der Waals surface area (Å²) in [5, 5.41) is 17.9. The molecule has 2 atom stereocenters. The summed E-state index contributed by atoms with van der Waals surface area (Å²) >= 11 is 0. The number of rotatable bonds is 8. The molecular formula is C33H46FN3O4. The standard InChI is InChI=1S/C33H46FN3O4/c1-3-15-37-16-5-6-17-41-28-20-25(19-27(34)22-28)21-29(36-31(39)11-8-12-32(37)40)30(38)23-35-33(13-14-33)26-10-7-9-24(4-2)18-26/h7,9-10,18-20,22,29-30,35,38H,3-6,8,11-17,21,23H2,1-2H3,(H,36,39)/t29-,30+/m0/s1. The lowest BCUT2D eigenvalue weighted by molar-refractivity contribution is -0.131. The van der Waals surface area contributed by atoms with Crippen molar-refractivity contribution in [2.24, 2.45) is 0 Å². The lowest BCUT2D eigenvalue weighted by Crippen LogP contribution is -2.50. The van der Waals surface area contributed by atoms with Gasteiger partial charge in [-0.3, -0.25) is 9.59 Å². The van der Waals surface area contributed by atoms with Crippen molar-refractivity contribution in [1.29, 1.82) is 0 Å². The Morgan fingerprint density at radius 1 is 1.12 bits per heavy atom. The van der Waals surface area contributed by atoms with Crippen molar-refractivity contribution in [3.63, 3.8) is 0 Å². The first-order valence-corrected chi connectivity index (χ1v) is 15.3. The highest BCUT2D eigenvalue weighted by atomic mass is 19.1. The molecule has 1 fully saturated rings. The van der Waals surface area contributed by atoms with E-state index in [0.29, 0.717) is 43.9 Å². The number of nitrogens with zero attached hydrogens (tertiary/aromatic N) is 1. The molecule has 1 heterocycles. The highest BCUT2D eigenvalue weighted by Crippen LogP contribution is 2.45. The lowest BCUT2D eigenvalue weighted by Gasteiger charge is -2.27. The van der Waals surface area contributed by atoms with E-state index >= 15 is 0 Å². The van der Waals surface area contributed by atoms with Crippen LogP contribution in [0.4, 0.5) is 4.39 Å². The number of benzene rings is 2. The third-order valence-electron chi connectivity index (χ3n) is 8.22. The molecule has 0 unspecified atom stereocenters. The molecule has 3 N–H and O–H groups in total. The van der Waals surface area contributed by atoms with Gasteiger partial charge in [-0.1, -0.05) is 38.1 Å². The molecule has 0 spiro atoms. The Morgan fingerprint density at radius 3 is 2.71 bits per heavy atom. The molecule has 1 saturated carbocycles. The van der Waals surface area contributed by atoms with E-state index < -0.39 is 18.0 Å². The summed E-state index contributed by atoms with van der Waals surface area (Å²) in [6.45, 7) is 6.21. The van der Waals surface area contributed by atoms with Crippen molar-refractivity contribution < 1.29 is 23.8 Å². The molecule has 0 saturated heterocycles. The number of carbonyl (C=O) groups excluding carboxylic acids is 2. The van der Waals surface area contributed by atoms with Crippen LogP contribution in [0.1, 0.15) is 81.9 Å². The van der Waals surface area contributed by atoms with Gasteiger partial charge in [-0.2, -0.15) is 0 Å². The maximum atomic E-state index is 14.6. The predicted molar refractivity (Wildman–Crippen MR) is 158 cm³/mol. The van der Waals surface area contributed by atoms with Gasteiger partial charge in [0.05, 0.1) is 18.8 Å². The summed E-state index contributed by atoms with van der Waals surface area (Å²) in [6.07, 6.45) is 5.63. The van der Waals surface area contributed by atoms with Crippen molar-refractivity contribution in [2.45, 2.75) is 95.7 Å². The van der Waals surface area contributed by atoms with Gasteiger partial charge in [-0.05, 0) is 80.2 Å². The van der Waals surface area contributed by atoms with E-state index in [4.69, 9.17) is 4.74 Å². The number of halogens is 1. The molecule has 4 rings (SSSR count). The molecule has 2 aromatic carbocycles. The first kappa shape index (κ1) is 31.0. The zero-order valence-corrected chi connectivity index (χ0v) is 24.6. The zero-order valence-electron chi connectivity index (χ0n) is 24.6. The molecule has 0 aromatic heterocycles. The number of nitrogens with one attached hydrogen (secondary N) is 2. The number of fused-ring (bicyclic) bond motifs is 2. The third-order valence-corrected chi connectivity index (χ3v) is 8.22. The number of amides is 2. The third kappa shape index (κ3) is 9.01. The Bertz CT molecular complexity index is 1170. The topological polar surface area (TPSA) is 90.9 Å². The molecule has 0 radical (unpaired) electrons. The zero-order chi connectivity index (χ0) is 29.2. The monoisotopic (exact) mass is 567 g/mol. The molecular weight excluding hydrogens is 521 g/mol. The average molecular weight is 568 g/mol. The largest absolute Gasteiger partial charge is 0.493 e. The van der Waals surface area contributed by atoms with Gasteiger partial charge >= 0.3 is 0 Å². The van der Waals surface area contributed by atoms with Crippen LogP contribution in [0.25, 0.3) is 0 Å². The van der Waals surface area contributed by atoms with E-state index in [1.807, 2.05) is 11.8 Å². The number of carbonyl (C=O) groups is 2. The van der Waals surface area contributed by atoms with E-state index in [1.165, 1.54) is 23.3 Å². The second-order valence-corrected chi connectivity index (χ2v) is 11.5. The Hall–Kier alpha value is -2.97. The highest BCUT2D eigenvalue weighted by molar-refractivity contribution is 5.79. The SMILES string of the molecule is CCCN1CCCCOc2cc(F)cc(c2)C[C@@H]([C@H](O)CNC2(c3cccc(CC)c3)CC2)NC(=O)CCCC1=O. The number of hydrogen-bond acceptors (Lipinski definition) is 5. The van der Waals surface area contributed by atoms with Crippen molar-refractivity contribution in [3.05, 3.63) is 65.0 Å². The molecule has 2 aliphatic rings. The van der Waals surface area contributed by atoms with Crippen LogP contribution in [0.15, 0.2) is 42.5 Å². The summed E-state index contributed by atoms with van der Waals surface area (Å²) in [7, 11) is 0. The minimum atomic E-state index is -0.901. The van der Waals surface area contributed by atoms with Crippen LogP contribution >= 0.6 is 0 Å². The van der Waals surface area contributed by atoms with E-state index in [0.717, 1.165) is 38.5 Å². The van der Waals surface area contributed by atoms with Crippen molar-refractivity contribution in [1.82, 2.24) is 15.5 Å². The van der Waals surface area contributed by atoms with Crippen molar-refractivity contribution >= 4 is 11.8 Å². The maximum absolute atomic E-state index is 14.6. The number of aliphatic hydroxyl groups is 1. The molecule has 2 aromatic rings. The van der Waals surface area contributed by atoms with Crippen molar-refractivity contribution in [3.8, 4) is 5.75 Å². The van der Waals surface area contributed by atoms with Crippen LogP contribution in [0.3, 0.4) is 0 Å². The molecule has 1 aliphatic carbocycles. The smallest absolute Gasteiger partial charge is 0.222 e. The first-order valence-electron chi connectivity index (χ1n) is 15.3. The van der Waals surface area contributed by atoms with E-state index in [1.54, 1.807) is 6.07 Å². The molecule has 7 nitrogen and oxygen atoms in total. The van der Waals surface area contributed by atoms with Gasteiger partial charge in [0.1, 0.15) is 11.6 Å². The fraction of sp³-hybridized carbons (Fsp3) is 0.576. The normalized spacial score (nSPS) is 21.0. The molecule has 1 aliphatic heterocycles. The van der Waals surface area contributed by atoms with Crippen LogP contribution in [0.2, 0.25) is 0 Å². The lowest BCUT2D eigenvalue weighted by atomic mass is 9.98. The van der Waals surface area contributed by atoms with E-state index in [-0.39, 0.29) is 36.7 Å². The van der Waals surface area contributed by atoms with E-state index in [2.05, 4.69) is 41.8 Å². The van der Waals surface area contributed by atoms with Crippen LogP contribution < -0.4 is 15.4 Å². The van der Waals surface area contributed by atoms with Crippen LogP contribution in [0, 0.1) is 5.82 Å². The Labute approximate surface area is 243 Å². The minimum Gasteiger partial charge on any atom is -0.493 e. The fourth-order valence-electron chi connectivity index (χ4n) is 5.65. The van der Waals surface area contributed by atoms with Gasteiger partial charge in [0, 0.05) is 44.1 Å². The van der Waals surface area contributed by atoms with Gasteiger partial charge < -0.3 is 25.4 Å². The van der Waals surface area contributed by atoms with Gasteiger partial charge in [-0.25, -0.2) is 4.39 Å². The van der Waals surface area contributed by atoms with Gasteiger partial charge in [0.2, 0.25) is 11.8 Å². The highest BCUT2D eigenvalue weighted by Gasteiger charge is 2.44. The average Bonchev–Trinajstić information content (AvgIpc) is 3.75. The second-order valence-electron chi connectivity index (χ2n) is 11.5. The number of aliphatic hydroxyl groups excluding tert-OH is 1. The van der Waals surface area contributed by atoms with Crippen LogP contribution in [-0.4, -0.2) is 60.2 Å². The number of hydrogen-bond donors (Lipinski definition) is 3. The fourth-order valence-corrected chi connectivity index (χ4v) is 5.65. The molecule has 2 amide bonds. The maximum Gasteiger partial charge on any atom is 0.222 e. The summed E-state index contributed by atoms with van der Waals surface area (Å²) in [5.41, 5.74) is 2.97. The minimum absolute atomic E-state index is 0.0567. The predicted octanol–water partition coefficient (Wildman–Crippen LogP) is 4.64. The van der Waals surface area contributed by atoms with Crippen LogP contribution in [-0.2, 0) is 28.0 Å². The van der Waals surface area contributed by atoms with Gasteiger partial charge in [-0.15, -0.1) is 0 Å². The van der Waals surface area contributed by atoms with Gasteiger partial charge in [0.15, 0.2) is 0 Å². The van der Waals surface area contributed by atoms with Crippen molar-refractivity contribution in [2.75, 3.05) is 26.2 Å². The molecule has 2 bridgehead atoms.